The van der Waals surface area contributed by atoms with Crippen LogP contribution in [0.5, 0.6) is 0 Å². The van der Waals surface area contributed by atoms with Gasteiger partial charge in [0.25, 0.3) is 0 Å². The summed E-state index contributed by atoms with van der Waals surface area (Å²) in [6.45, 7) is 0. The van der Waals surface area contributed by atoms with E-state index in [9.17, 15) is 4.79 Å². The molecular weight excluding hydrogens is 284 g/mol. The molecule has 3 heteroatoms. The number of nitrogens with one attached hydrogen (secondary N) is 1. The maximum Gasteiger partial charge on any atom is 0.230 e. The highest BCUT2D eigenvalue weighted by Crippen LogP contribution is 2.54. The Balaban J connectivity index is 1.55. The minimum absolute atomic E-state index is 0.172. The number of amides is 1. The average molecular weight is 312 g/mol. The fraction of sp³-hybridized carbons (Fsp3) is 0.650. The third-order valence-electron chi connectivity index (χ3n) is 6.14. The first kappa shape index (κ1) is 15.2. The fourth-order valence-electron chi connectivity index (χ4n) is 4.23. The molecule has 1 aromatic rings. The molecule has 4 rings (SSSR count). The first-order chi connectivity index (χ1) is 11.1. The molecule has 3 saturated carbocycles. The van der Waals surface area contributed by atoms with Gasteiger partial charge in [-0.3, -0.25) is 4.79 Å². The number of rotatable bonds is 4. The van der Waals surface area contributed by atoms with Crippen molar-refractivity contribution in [3.8, 4) is 0 Å². The summed E-state index contributed by atoms with van der Waals surface area (Å²) in [4.78, 5) is 13.1. The van der Waals surface area contributed by atoms with E-state index in [0.717, 1.165) is 38.5 Å². The average Bonchev–Trinajstić information content (AvgIpc) is 3.44. The smallest absolute Gasteiger partial charge is 0.230 e. The largest absolute Gasteiger partial charge is 0.353 e. The molecule has 1 amide bonds. The van der Waals surface area contributed by atoms with Crippen molar-refractivity contribution >= 4 is 5.91 Å². The summed E-state index contributed by atoms with van der Waals surface area (Å²) in [5.41, 5.74) is 8.42. The lowest BCUT2D eigenvalue weighted by molar-refractivity contribution is -0.124. The summed E-state index contributed by atoms with van der Waals surface area (Å²) >= 11 is 0. The van der Waals surface area contributed by atoms with Gasteiger partial charge >= 0.3 is 0 Å². The Morgan fingerprint density at radius 3 is 2.13 bits per heavy atom. The highest BCUT2D eigenvalue weighted by molar-refractivity contribution is 5.92. The number of benzene rings is 1. The minimum atomic E-state index is -0.294. The topological polar surface area (TPSA) is 55.1 Å². The molecule has 0 atom stereocenters. The molecule has 0 aliphatic heterocycles. The van der Waals surface area contributed by atoms with Crippen LogP contribution in [0, 0.1) is 0 Å². The van der Waals surface area contributed by atoms with Gasteiger partial charge in [0.1, 0.15) is 0 Å². The van der Waals surface area contributed by atoms with Crippen molar-refractivity contribution in [1.29, 1.82) is 0 Å². The summed E-state index contributed by atoms with van der Waals surface area (Å²) < 4.78 is 0. The summed E-state index contributed by atoms with van der Waals surface area (Å²) in [7, 11) is 0. The van der Waals surface area contributed by atoms with Gasteiger partial charge in [0.15, 0.2) is 0 Å². The van der Waals surface area contributed by atoms with Gasteiger partial charge in [-0.05, 0) is 49.7 Å². The predicted octanol–water partition coefficient (Wildman–Crippen LogP) is 3.51. The van der Waals surface area contributed by atoms with E-state index in [1.165, 1.54) is 36.8 Å². The van der Waals surface area contributed by atoms with Crippen LogP contribution in [-0.2, 0) is 15.7 Å². The molecule has 0 radical (unpaired) electrons. The second kappa shape index (κ2) is 5.62. The lowest BCUT2D eigenvalue weighted by Crippen LogP contribution is -2.42. The second-order valence-electron chi connectivity index (χ2n) is 7.95. The Morgan fingerprint density at radius 1 is 0.957 bits per heavy atom. The zero-order chi connectivity index (χ0) is 15.9. The van der Waals surface area contributed by atoms with Crippen LogP contribution >= 0.6 is 0 Å². The highest BCUT2D eigenvalue weighted by atomic mass is 16.2. The Kier molecular flexibility index (Phi) is 3.72. The van der Waals surface area contributed by atoms with E-state index >= 15 is 0 Å². The van der Waals surface area contributed by atoms with E-state index in [4.69, 9.17) is 5.73 Å². The van der Waals surface area contributed by atoms with Gasteiger partial charge in [-0.15, -0.1) is 0 Å². The van der Waals surface area contributed by atoms with Crippen molar-refractivity contribution in [3.63, 3.8) is 0 Å². The Hall–Kier alpha value is -1.35. The number of carbonyl (C=O) groups excluding carboxylic acids is 1. The van der Waals surface area contributed by atoms with Crippen LogP contribution in [0.3, 0.4) is 0 Å². The third-order valence-corrected chi connectivity index (χ3v) is 6.14. The van der Waals surface area contributed by atoms with E-state index in [1.54, 1.807) is 0 Å². The van der Waals surface area contributed by atoms with Crippen molar-refractivity contribution in [2.45, 2.75) is 81.2 Å². The molecule has 3 aliphatic carbocycles. The van der Waals surface area contributed by atoms with E-state index < -0.39 is 0 Å². The molecule has 3 fully saturated rings. The molecule has 3 N–H and O–H groups in total. The lowest BCUT2D eigenvalue weighted by Gasteiger charge is -2.25. The van der Waals surface area contributed by atoms with E-state index in [1.807, 2.05) is 0 Å². The van der Waals surface area contributed by atoms with Gasteiger partial charge in [0, 0.05) is 11.6 Å². The van der Waals surface area contributed by atoms with Gasteiger partial charge in [0.05, 0.1) is 5.41 Å². The number of hydrogen-bond acceptors (Lipinski definition) is 2. The molecule has 0 heterocycles. The predicted molar refractivity (Wildman–Crippen MR) is 92.1 cm³/mol. The summed E-state index contributed by atoms with van der Waals surface area (Å²) in [5.74, 6) is 0.251. The van der Waals surface area contributed by atoms with Gasteiger partial charge in [-0.25, -0.2) is 0 Å². The van der Waals surface area contributed by atoms with E-state index in [2.05, 4.69) is 29.6 Å². The molecule has 3 nitrogen and oxygen atoms in total. The molecule has 23 heavy (non-hydrogen) atoms. The third kappa shape index (κ3) is 2.80. The van der Waals surface area contributed by atoms with Crippen LogP contribution in [0.15, 0.2) is 24.3 Å². The standard InChI is InChI=1S/C20H28N2O/c21-20(13-14-20)17-10-6-5-9-16(17)19(11-12-19)18(23)22-15-7-3-1-2-4-8-15/h5-6,9-10,15H,1-4,7-8,11-14,21H2,(H,22,23). The number of nitrogens with two attached hydrogens (primary N) is 1. The molecule has 3 aliphatic rings. The van der Waals surface area contributed by atoms with Crippen LogP contribution in [-0.4, -0.2) is 11.9 Å². The molecule has 0 spiro atoms. The summed E-state index contributed by atoms with van der Waals surface area (Å²) in [6, 6.07) is 8.78. The summed E-state index contributed by atoms with van der Waals surface area (Å²) in [5, 5.41) is 3.38. The van der Waals surface area contributed by atoms with Gasteiger partial charge in [0.2, 0.25) is 5.91 Å². The first-order valence-electron chi connectivity index (χ1n) is 9.34. The van der Waals surface area contributed by atoms with Gasteiger partial charge in [-0.1, -0.05) is 49.9 Å². The van der Waals surface area contributed by atoms with Crippen LogP contribution in [0.1, 0.15) is 75.3 Å². The van der Waals surface area contributed by atoms with E-state index in [0.29, 0.717) is 6.04 Å². The van der Waals surface area contributed by atoms with Crippen molar-refractivity contribution in [2.24, 2.45) is 5.73 Å². The minimum Gasteiger partial charge on any atom is -0.353 e. The van der Waals surface area contributed by atoms with Crippen LogP contribution in [0.2, 0.25) is 0 Å². The molecule has 0 saturated heterocycles. The maximum atomic E-state index is 13.1. The van der Waals surface area contributed by atoms with Crippen LogP contribution in [0.4, 0.5) is 0 Å². The monoisotopic (exact) mass is 312 g/mol. The number of hydrogen-bond donors (Lipinski definition) is 2. The zero-order valence-electron chi connectivity index (χ0n) is 13.9. The SMILES string of the molecule is NC1(c2ccccc2C2(C(=O)NC3CCCCCC3)CC2)CC1. The molecule has 124 valence electrons. The Labute approximate surface area is 139 Å². The van der Waals surface area contributed by atoms with E-state index in [-0.39, 0.29) is 16.9 Å². The molecule has 1 aromatic carbocycles. The first-order valence-corrected chi connectivity index (χ1v) is 9.34. The van der Waals surface area contributed by atoms with Gasteiger partial charge < -0.3 is 11.1 Å². The quantitative estimate of drug-likeness (QED) is 0.836. The van der Waals surface area contributed by atoms with Crippen molar-refractivity contribution in [3.05, 3.63) is 35.4 Å². The Morgan fingerprint density at radius 2 is 1.57 bits per heavy atom. The normalized spacial score (nSPS) is 25.4. The molecule has 0 aromatic heterocycles. The number of carbonyl (C=O) groups is 1. The van der Waals surface area contributed by atoms with Crippen LogP contribution < -0.4 is 11.1 Å². The molecular formula is C20H28N2O. The van der Waals surface area contributed by atoms with Crippen molar-refractivity contribution in [1.82, 2.24) is 5.32 Å². The summed E-state index contributed by atoms with van der Waals surface area (Å²) in [6.07, 6.45) is 11.5. The highest BCUT2D eigenvalue weighted by Gasteiger charge is 2.55. The molecule has 0 bridgehead atoms. The molecule has 0 unspecified atom stereocenters. The Bertz CT molecular complexity index is 593. The lowest BCUT2D eigenvalue weighted by atomic mass is 9.86. The second-order valence-corrected chi connectivity index (χ2v) is 7.95. The van der Waals surface area contributed by atoms with Crippen molar-refractivity contribution < 1.29 is 4.79 Å². The zero-order valence-corrected chi connectivity index (χ0v) is 13.9. The van der Waals surface area contributed by atoms with Gasteiger partial charge in [-0.2, -0.15) is 0 Å². The fourth-order valence-corrected chi connectivity index (χ4v) is 4.23. The maximum absolute atomic E-state index is 13.1. The van der Waals surface area contributed by atoms with Crippen molar-refractivity contribution in [2.75, 3.05) is 0 Å². The van der Waals surface area contributed by atoms with Crippen LogP contribution in [0.25, 0.3) is 0 Å².